The first-order chi connectivity index (χ1) is 5.40. The van der Waals surface area contributed by atoms with Gasteiger partial charge in [-0.1, -0.05) is 6.92 Å². The van der Waals surface area contributed by atoms with E-state index in [0.29, 0.717) is 0 Å². The van der Waals surface area contributed by atoms with Crippen LogP contribution in [0.3, 0.4) is 0 Å². The fourth-order valence-electron chi connectivity index (χ4n) is 1.15. The van der Waals surface area contributed by atoms with E-state index in [2.05, 4.69) is 4.18 Å². The van der Waals surface area contributed by atoms with Crippen molar-refractivity contribution in [2.24, 2.45) is 0 Å². The highest BCUT2D eigenvalue weighted by Gasteiger charge is 2.52. The topological polar surface area (TPSA) is 55.9 Å². The molecule has 0 saturated carbocycles. The highest BCUT2D eigenvalue weighted by atomic mass is 32.2. The number of hydrogen-bond donors (Lipinski definition) is 0. The van der Waals surface area contributed by atoms with Gasteiger partial charge in [-0.3, -0.25) is 4.18 Å². The van der Waals surface area contributed by atoms with E-state index in [4.69, 9.17) is 4.74 Å². The molecular formula is C7H14O4S. The lowest BCUT2D eigenvalue weighted by atomic mass is 10.1. The highest BCUT2D eigenvalue weighted by Crippen LogP contribution is 2.39. The third-order valence-corrected chi connectivity index (χ3v) is 2.76. The van der Waals surface area contributed by atoms with Gasteiger partial charge in [-0.25, -0.2) is 0 Å². The van der Waals surface area contributed by atoms with Gasteiger partial charge in [-0.15, -0.1) is 0 Å². The van der Waals surface area contributed by atoms with Crippen LogP contribution in [0.4, 0.5) is 0 Å². The Labute approximate surface area is 73.0 Å². The van der Waals surface area contributed by atoms with Crippen molar-refractivity contribution in [2.45, 2.75) is 32.0 Å². The summed E-state index contributed by atoms with van der Waals surface area (Å²) < 4.78 is 31.2. The van der Waals surface area contributed by atoms with Crippen LogP contribution in [0.25, 0.3) is 0 Å². The van der Waals surface area contributed by atoms with Crippen LogP contribution < -0.4 is 0 Å². The van der Waals surface area contributed by atoms with Gasteiger partial charge < -0.3 is 4.74 Å². The van der Waals surface area contributed by atoms with Crippen molar-refractivity contribution in [1.29, 1.82) is 0 Å². The molecule has 0 aliphatic carbocycles. The van der Waals surface area contributed by atoms with Crippen LogP contribution in [0.5, 0.6) is 0 Å². The van der Waals surface area contributed by atoms with Crippen molar-refractivity contribution >= 4 is 10.1 Å². The molecule has 1 heterocycles. The van der Waals surface area contributed by atoms with Crippen LogP contribution in [-0.2, 0) is 19.0 Å². The van der Waals surface area contributed by atoms with Gasteiger partial charge in [0.05, 0.1) is 19.0 Å². The Morgan fingerprint density at radius 3 is 2.33 bits per heavy atom. The van der Waals surface area contributed by atoms with Gasteiger partial charge >= 0.3 is 0 Å². The molecule has 2 atom stereocenters. The second-order valence-electron chi connectivity index (χ2n) is 3.14. The molecule has 5 heteroatoms. The molecule has 1 fully saturated rings. The lowest BCUT2D eigenvalue weighted by Crippen LogP contribution is -2.22. The summed E-state index contributed by atoms with van der Waals surface area (Å²) in [5, 5.41) is 0. The van der Waals surface area contributed by atoms with E-state index in [0.717, 1.165) is 12.7 Å². The predicted molar refractivity (Wildman–Crippen MR) is 44.4 cm³/mol. The van der Waals surface area contributed by atoms with Crippen LogP contribution in [-0.4, -0.2) is 33.0 Å². The van der Waals surface area contributed by atoms with E-state index in [-0.39, 0.29) is 18.3 Å². The largest absolute Gasteiger partial charge is 0.364 e. The summed E-state index contributed by atoms with van der Waals surface area (Å²) in [5.41, 5.74) is -0.344. The van der Waals surface area contributed by atoms with Crippen LogP contribution >= 0.6 is 0 Å². The summed E-state index contributed by atoms with van der Waals surface area (Å²) in [6, 6.07) is 0. The zero-order valence-corrected chi connectivity index (χ0v) is 8.35. The van der Waals surface area contributed by atoms with Crippen LogP contribution in [0.15, 0.2) is 0 Å². The van der Waals surface area contributed by atoms with Crippen molar-refractivity contribution in [2.75, 3.05) is 12.9 Å². The molecule has 1 aliphatic heterocycles. The standard InChI is InChI=1S/C7H14O4S/c1-4-7(6(2)11-7)5-10-12(3,8)9/h6H,4-5H2,1-3H3. The molecule has 0 radical (unpaired) electrons. The minimum Gasteiger partial charge on any atom is -0.364 e. The quantitative estimate of drug-likeness (QED) is 0.484. The Balaban J connectivity index is 2.42. The Bertz CT molecular complexity index is 255. The summed E-state index contributed by atoms with van der Waals surface area (Å²) >= 11 is 0. The van der Waals surface area contributed by atoms with Crippen molar-refractivity contribution in [3.63, 3.8) is 0 Å². The number of ether oxygens (including phenoxy) is 1. The average Bonchev–Trinajstić information content (AvgIpc) is 2.57. The Morgan fingerprint density at radius 2 is 2.08 bits per heavy atom. The Kier molecular flexibility index (Phi) is 2.47. The van der Waals surface area contributed by atoms with E-state index in [1.54, 1.807) is 0 Å². The van der Waals surface area contributed by atoms with Gasteiger partial charge in [-0.2, -0.15) is 8.42 Å². The Morgan fingerprint density at radius 1 is 1.58 bits per heavy atom. The first-order valence-electron chi connectivity index (χ1n) is 3.92. The van der Waals surface area contributed by atoms with Crippen molar-refractivity contribution < 1.29 is 17.3 Å². The van der Waals surface area contributed by atoms with Crippen LogP contribution in [0.2, 0.25) is 0 Å². The molecule has 0 aromatic heterocycles. The molecule has 4 nitrogen and oxygen atoms in total. The SMILES string of the molecule is CCC1(COS(C)(=O)=O)OC1C. The summed E-state index contributed by atoms with van der Waals surface area (Å²) in [6.07, 6.45) is 1.94. The fraction of sp³-hybridized carbons (Fsp3) is 1.00. The monoisotopic (exact) mass is 194 g/mol. The molecule has 0 spiro atoms. The van der Waals surface area contributed by atoms with Gasteiger partial charge in [0.25, 0.3) is 10.1 Å². The zero-order chi connectivity index (χ0) is 9.41. The Hall–Kier alpha value is -0.130. The molecule has 72 valence electrons. The van der Waals surface area contributed by atoms with Crippen molar-refractivity contribution in [3.8, 4) is 0 Å². The van der Waals surface area contributed by atoms with Gasteiger partial charge in [0, 0.05) is 0 Å². The third kappa shape index (κ3) is 2.18. The number of epoxide rings is 1. The van der Waals surface area contributed by atoms with E-state index in [1.807, 2.05) is 13.8 Å². The second kappa shape index (κ2) is 2.97. The fourth-order valence-corrected chi connectivity index (χ4v) is 1.56. The first kappa shape index (κ1) is 9.95. The van der Waals surface area contributed by atoms with Crippen molar-refractivity contribution in [3.05, 3.63) is 0 Å². The molecule has 2 unspecified atom stereocenters. The maximum atomic E-state index is 10.7. The smallest absolute Gasteiger partial charge is 0.264 e. The summed E-state index contributed by atoms with van der Waals surface area (Å²) in [5.74, 6) is 0. The zero-order valence-electron chi connectivity index (χ0n) is 7.53. The van der Waals surface area contributed by atoms with E-state index >= 15 is 0 Å². The summed E-state index contributed by atoms with van der Waals surface area (Å²) in [6.45, 7) is 4.01. The molecule has 0 aromatic carbocycles. The number of rotatable bonds is 4. The molecule has 0 N–H and O–H groups in total. The molecule has 1 aliphatic rings. The van der Waals surface area contributed by atoms with Gasteiger partial charge in [0.15, 0.2) is 0 Å². The van der Waals surface area contributed by atoms with E-state index in [1.165, 1.54) is 0 Å². The molecule has 0 aromatic rings. The van der Waals surface area contributed by atoms with Gasteiger partial charge in [0.2, 0.25) is 0 Å². The molecule has 1 rings (SSSR count). The summed E-state index contributed by atoms with van der Waals surface area (Å²) in [4.78, 5) is 0. The molecular weight excluding hydrogens is 180 g/mol. The molecule has 1 saturated heterocycles. The maximum Gasteiger partial charge on any atom is 0.264 e. The van der Waals surface area contributed by atoms with Crippen molar-refractivity contribution in [1.82, 2.24) is 0 Å². The van der Waals surface area contributed by atoms with E-state index < -0.39 is 10.1 Å². The van der Waals surface area contributed by atoms with Crippen LogP contribution in [0, 0.1) is 0 Å². The maximum absolute atomic E-state index is 10.7. The predicted octanol–water partition coefficient (Wildman–Crippen LogP) is 0.530. The average molecular weight is 194 g/mol. The lowest BCUT2D eigenvalue weighted by Gasteiger charge is -2.08. The molecule has 0 bridgehead atoms. The minimum absolute atomic E-state index is 0.115. The third-order valence-electron chi connectivity index (χ3n) is 2.21. The minimum atomic E-state index is -3.33. The first-order valence-corrected chi connectivity index (χ1v) is 5.73. The second-order valence-corrected chi connectivity index (χ2v) is 4.79. The molecule has 0 amide bonds. The van der Waals surface area contributed by atoms with Gasteiger partial charge in [0.1, 0.15) is 5.60 Å². The molecule has 12 heavy (non-hydrogen) atoms. The summed E-state index contributed by atoms with van der Waals surface area (Å²) in [7, 11) is -3.33. The number of hydrogen-bond acceptors (Lipinski definition) is 4. The van der Waals surface area contributed by atoms with E-state index in [9.17, 15) is 8.42 Å². The normalized spacial score (nSPS) is 35.1. The van der Waals surface area contributed by atoms with Crippen LogP contribution in [0.1, 0.15) is 20.3 Å². The highest BCUT2D eigenvalue weighted by molar-refractivity contribution is 7.85. The van der Waals surface area contributed by atoms with Gasteiger partial charge in [-0.05, 0) is 13.3 Å². The lowest BCUT2D eigenvalue weighted by molar-refractivity contribution is 0.189.